The van der Waals surface area contributed by atoms with Gasteiger partial charge in [0.1, 0.15) is 5.75 Å². The number of hydrogen-bond acceptors (Lipinski definition) is 3. The van der Waals surface area contributed by atoms with E-state index >= 15 is 0 Å². The largest absolute Gasteiger partial charge is 0.508 e. The van der Waals surface area contributed by atoms with Gasteiger partial charge in [-0.3, -0.25) is 0 Å². The van der Waals surface area contributed by atoms with Crippen LogP contribution >= 0.6 is 0 Å². The summed E-state index contributed by atoms with van der Waals surface area (Å²) >= 11 is 0. The minimum atomic E-state index is -0.215. The first-order valence-electron chi connectivity index (χ1n) is 11.5. The molecule has 0 heterocycles. The zero-order valence-corrected chi connectivity index (χ0v) is 17.7. The van der Waals surface area contributed by atoms with Gasteiger partial charge in [-0.05, 0) is 96.8 Å². The molecule has 3 heteroatoms. The molecule has 4 rings (SSSR count). The number of rotatable bonds is 6. The number of nitriles is 1. The number of phenolic OH excluding ortho intramolecular Hbond substituents is 1. The van der Waals surface area contributed by atoms with E-state index in [2.05, 4.69) is 31.7 Å². The predicted octanol–water partition coefficient (Wildman–Crippen LogP) is 5.87. The number of aliphatic hydroxyl groups excluding tert-OH is 1. The fourth-order valence-corrected chi connectivity index (χ4v) is 7.48. The number of allylic oxidation sites excluding steroid dienone is 1. The molecule has 5 unspecified atom stereocenters. The number of aliphatic hydroxyl groups is 1. The first-order chi connectivity index (χ1) is 14.0. The van der Waals surface area contributed by atoms with Gasteiger partial charge in [-0.1, -0.05) is 31.9 Å². The Hall–Kier alpha value is -1.79. The molecule has 3 nitrogen and oxygen atoms in total. The molecule has 1 aromatic carbocycles. The molecule has 2 fully saturated rings. The van der Waals surface area contributed by atoms with Gasteiger partial charge in [-0.25, -0.2) is 0 Å². The van der Waals surface area contributed by atoms with Gasteiger partial charge in [-0.2, -0.15) is 5.26 Å². The summed E-state index contributed by atoms with van der Waals surface area (Å²) < 4.78 is 0. The molecule has 0 aromatic heterocycles. The van der Waals surface area contributed by atoms with E-state index in [1.165, 1.54) is 11.1 Å². The third-order valence-electron chi connectivity index (χ3n) is 8.72. The van der Waals surface area contributed by atoms with Crippen LogP contribution < -0.4 is 0 Å². The normalized spacial score (nSPS) is 37.8. The maximum absolute atomic E-state index is 11.0. The monoisotopic (exact) mass is 393 g/mol. The van der Waals surface area contributed by atoms with Crippen molar-refractivity contribution in [2.24, 2.45) is 22.7 Å². The Morgan fingerprint density at radius 2 is 2.10 bits per heavy atom. The van der Waals surface area contributed by atoms with Crippen molar-refractivity contribution < 1.29 is 10.2 Å². The molecule has 0 radical (unpaired) electrons. The topological polar surface area (TPSA) is 64.2 Å². The molecule has 0 spiro atoms. The maximum Gasteiger partial charge on any atom is 0.115 e. The van der Waals surface area contributed by atoms with Crippen molar-refractivity contribution in [3.8, 4) is 11.8 Å². The first-order valence-corrected chi connectivity index (χ1v) is 11.5. The SMILES string of the molecule is C=CC12CCc3cc(O)ccc3C1[C@@H](CCCCCC#N)CC1(C)C(O)CCC12. The minimum Gasteiger partial charge on any atom is -0.508 e. The molecule has 29 heavy (non-hydrogen) atoms. The number of phenols is 1. The average molecular weight is 394 g/mol. The van der Waals surface area contributed by atoms with Gasteiger partial charge in [0, 0.05) is 6.42 Å². The fourth-order valence-electron chi connectivity index (χ4n) is 7.48. The Labute approximate surface area is 175 Å². The molecule has 3 aliphatic rings. The highest BCUT2D eigenvalue weighted by atomic mass is 16.3. The molecule has 6 atom stereocenters. The summed E-state index contributed by atoms with van der Waals surface area (Å²) in [6.45, 7) is 6.68. The fraction of sp³-hybridized carbons (Fsp3) is 0.654. The highest BCUT2D eigenvalue weighted by Gasteiger charge is 2.63. The van der Waals surface area contributed by atoms with E-state index in [-0.39, 0.29) is 16.9 Å². The van der Waals surface area contributed by atoms with Crippen LogP contribution in [0.4, 0.5) is 0 Å². The van der Waals surface area contributed by atoms with Crippen LogP contribution in [0.1, 0.15) is 81.8 Å². The molecule has 2 N–H and O–H groups in total. The second-order valence-electron chi connectivity index (χ2n) is 10.1. The molecule has 3 aliphatic carbocycles. The first kappa shape index (κ1) is 20.5. The van der Waals surface area contributed by atoms with Crippen LogP contribution in [0.3, 0.4) is 0 Å². The van der Waals surface area contributed by atoms with E-state index in [0.29, 0.717) is 29.9 Å². The molecule has 1 aromatic rings. The number of hydrogen-bond donors (Lipinski definition) is 2. The predicted molar refractivity (Wildman–Crippen MR) is 115 cm³/mol. The highest BCUT2D eigenvalue weighted by molar-refractivity contribution is 5.43. The second-order valence-corrected chi connectivity index (χ2v) is 10.1. The second kappa shape index (κ2) is 7.80. The molecule has 0 bridgehead atoms. The minimum absolute atomic E-state index is 0.0313. The van der Waals surface area contributed by atoms with Gasteiger partial charge in [0.05, 0.1) is 12.2 Å². The summed E-state index contributed by atoms with van der Waals surface area (Å²) in [4.78, 5) is 0. The lowest BCUT2D eigenvalue weighted by atomic mass is 9.44. The van der Waals surface area contributed by atoms with Crippen LogP contribution in [-0.2, 0) is 6.42 Å². The summed E-state index contributed by atoms with van der Waals surface area (Å²) in [6, 6.07) is 8.22. The summed E-state index contributed by atoms with van der Waals surface area (Å²) in [5.74, 6) is 1.76. The summed E-state index contributed by atoms with van der Waals surface area (Å²) in [6.07, 6.45) is 12.1. The van der Waals surface area contributed by atoms with E-state index < -0.39 is 0 Å². The standard InChI is InChI=1S/C26H35NO2/c1-3-26-14-13-18-16-20(28)9-10-21(18)24(26)19(8-6-4-5-7-15-27)17-25(2)22(26)11-12-23(25)29/h3,9-10,16,19,22-24,28-29H,1,4-8,11-14,17H2,2H3/t19-,22?,23?,24?,25?,26?/m0/s1. The number of aromatic hydroxyl groups is 1. The number of nitrogens with zero attached hydrogens (tertiary/aromatic N) is 1. The zero-order chi connectivity index (χ0) is 20.6. The average Bonchev–Trinajstić information content (AvgIpc) is 3.02. The van der Waals surface area contributed by atoms with Crippen molar-refractivity contribution in [2.45, 2.75) is 83.2 Å². The van der Waals surface area contributed by atoms with Crippen LogP contribution in [0.25, 0.3) is 0 Å². The van der Waals surface area contributed by atoms with Crippen molar-refractivity contribution in [3.63, 3.8) is 0 Å². The van der Waals surface area contributed by atoms with Crippen molar-refractivity contribution in [1.82, 2.24) is 0 Å². The summed E-state index contributed by atoms with van der Waals surface area (Å²) in [5.41, 5.74) is 2.70. The lowest BCUT2D eigenvalue weighted by Crippen LogP contribution is -2.54. The van der Waals surface area contributed by atoms with E-state index in [1.54, 1.807) is 0 Å². The maximum atomic E-state index is 11.0. The van der Waals surface area contributed by atoms with Crippen molar-refractivity contribution in [2.75, 3.05) is 0 Å². The van der Waals surface area contributed by atoms with Crippen LogP contribution in [-0.4, -0.2) is 16.3 Å². The Balaban J connectivity index is 1.72. The van der Waals surface area contributed by atoms with Crippen LogP contribution in [0.2, 0.25) is 0 Å². The van der Waals surface area contributed by atoms with E-state index in [9.17, 15) is 10.2 Å². The molecule has 0 amide bonds. The van der Waals surface area contributed by atoms with Crippen molar-refractivity contribution >= 4 is 0 Å². The number of unbranched alkanes of at least 4 members (excludes halogenated alkanes) is 3. The van der Waals surface area contributed by atoms with Crippen LogP contribution in [0.5, 0.6) is 5.75 Å². The quantitative estimate of drug-likeness (QED) is 0.469. The Morgan fingerprint density at radius 3 is 2.86 bits per heavy atom. The number of aryl methyl sites for hydroxylation is 1. The van der Waals surface area contributed by atoms with E-state index in [1.807, 2.05) is 12.1 Å². The Bertz CT molecular complexity index is 811. The smallest absolute Gasteiger partial charge is 0.115 e. The highest BCUT2D eigenvalue weighted by Crippen LogP contribution is 2.69. The number of benzene rings is 1. The van der Waals surface area contributed by atoms with Crippen molar-refractivity contribution in [1.29, 1.82) is 5.26 Å². The van der Waals surface area contributed by atoms with Gasteiger partial charge in [0.2, 0.25) is 0 Å². The molecule has 156 valence electrons. The molecule has 0 aliphatic heterocycles. The third-order valence-corrected chi connectivity index (χ3v) is 8.72. The van der Waals surface area contributed by atoms with Gasteiger partial charge < -0.3 is 10.2 Å². The lowest BCUT2D eigenvalue weighted by molar-refractivity contribution is -0.0812. The van der Waals surface area contributed by atoms with Gasteiger partial charge in [0.25, 0.3) is 0 Å². The van der Waals surface area contributed by atoms with Crippen molar-refractivity contribution in [3.05, 3.63) is 42.0 Å². The Kier molecular flexibility index (Phi) is 5.51. The Morgan fingerprint density at radius 1 is 1.28 bits per heavy atom. The van der Waals surface area contributed by atoms with Gasteiger partial charge in [-0.15, -0.1) is 6.58 Å². The van der Waals surface area contributed by atoms with Gasteiger partial charge >= 0.3 is 0 Å². The molecule has 0 saturated heterocycles. The molecule has 2 saturated carbocycles. The molecular formula is C26H35NO2. The van der Waals surface area contributed by atoms with E-state index in [0.717, 1.165) is 57.8 Å². The lowest BCUT2D eigenvalue weighted by Gasteiger charge is -2.60. The molecular weight excluding hydrogens is 358 g/mol. The van der Waals surface area contributed by atoms with Gasteiger partial charge in [0.15, 0.2) is 0 Å². The summed E-state index contributed by atoms with van der Waals surface area (Å²) in [7, 11) is 0. The number of fused-ring (bicyclic) bond motifs is 5. The van der Waals surface area contributed by atoms with Crippen LogP contribution in [0, 0.1) is 34.0 Å². The zero-order valence-electron chi connectivity index (χ0n) is 17.7. The third kappa shape index (κ3) is 3.21. The van der Waals surface area contributed by atoms with E-state index in [4.69, 9.17) is 5.26 Å². The van der Waals surface area contributed by atoms with Crippen LogP contribution in [0.15, 0.2) is 30.9 Å². The summed E-state index contributed by atoms with van der Waals surface area (Å²) in [5, 5.41) is 29.8.